The largest absolute Gasteiger partial charge is 0.462 e. The Labute approximate surface area is 346 Å². The highest BCUT2D eigenvalue weighted by molar-refractivity contribution is 5.71. The summed E-state index contributed by atoms with van der Waals surface area (Å²) in [7, 11) is 0. The van der Waals surface area contributed by atoms with Gasteiger partial charge in [0.25, 0.3) is 0 Å². The number of ether oxygens (including phenoxy) is 3. The van der Waals surface area contributed by atoms with Crippen molar-refractivity contribution in [1.82, 2.24) is 0 Å². The van der Waals surface area contributed by atoms with Gasteiger partial charge >= 0.3 is 17.9 Å². The second kappa shape index (κ2) is 45.1. The van der Waals surface area contributed by atoms with E-state index < -0.39 is 6.10 Å². The van der Waals surface area contributed by atoms with Crippen molar-refractivity contribution in [3.05, 3.63) is 48.6 Å². The summed E-state index contributed by atoms with van der Waals surface area (Å²) >= 11 is 0. The predicted molar refractivity (Wildman–Crippen MR) is 238 cm³/mol. The number of unbranched alkanes of at least 4 members (excludes halogenated alkanes) is 24. The van der Waals surface area contributed by atoms with Crippen LogP contribution in [0.15, 0.2) is 48.6 Å². The zero-order valence-electron chi connectivity index (χ0n) is 36.9. The molecule has 0 aliphatic heterocycles. The summed E-state index contributed by atoms with van der Waals surface area (Å²) < 4.78 is 16.7. The molecule has 0 aromatic rings. The van der Waals surface area contributed by atoms with Gasteiger partial charge in [-0.1, -0.05) is 172 Å². The molecule has 6 heteroatoms. The SMILES string of the molecule is CCCC/C=C\CCCCCCC(=O)OCC(COC(=O)CCCCCCCC/C=C\C=C/CCCCC)OC(=O)CCCCC/C=C\CCCCCCCC. The highest BCUT2D eigenvalue weighted by Gasteiger charge is 2.19. The van der Waals surface area contributed by atoms with Crippen molar-refractivity contribution >= 4 is 17.9 Å². The van der Waals surface area contributed by atoms with E-state index in [1.165, 1.54) is 96.3 Å². The van der Waals surface area contributed by atoms with Gasteiger partial charge in [0, 0.05) is 19.3 Å². The van der Waals surface area contributed by atoms with Crippen LogP contribution in [0.2, 0.25) is 0 Å². The maximum absolute atomic E-state index is 12.7. The van der Waals surface area contributed by atoms with Crippen molar-refractivity contribution in [3.8, 4) is 0 Å². The van der Waals surface area contributed by atoms with E-state index in [9.17, 15) is 14.4 Å². The number of carbonyl (C=O) groups excluding carboxylic acids is 3. The lowest BCUT2D eigenvalue weighted by Crippen LogP contribution is -2.30. The average molecular weight is 785 g/mol. The molecule has 0 heterocycles. The quantitative estimate of drug-likeness (QED) is 0.0202. The van der Waals surface area contributed by atoms with Crippen LogP contribution in [0.25, 0.3) is 0 Å². The molecule has 0 spiro atoms. The summed E-state index contributed by atoms with van der Waals surface area (Å²) in [5.74, 6) is -0.930. The smallest absolute Gasteiger partial charge is 0.306 e. The number of hydrogen-bond donors (Lipinski definition) is 0. The highest BCUT2D eigenvalue weighted by Crippen LogP contribution is 2.13. The molecule has 0 N–H and O–H groups in total. The molecule has 0 aliphatic carbocycles. The predicted octanol–water partition coefficient (Wildman–Crippen LogP) is 15.1. The summed E-state index contributed by atoms with van der Waals surface area (Å²) in [5, 5.41) is 0. The Morgan fingerprint density at radius 3 is 1.11 bits per heavy atom. The molecule has 0 saturated carbocycles. The van der Waals surface area contributed by atoms with Crippen LogP contribution in [-0.4, -0.2) is 37.2 Å². The summed E-state index contributed by atoms with van der Waals surface area (Å²) in [4.78, 5) is 37.7. The van der Waals surface area contributed by atoms with Crippen molar-refractivity contribution in [1.29, 1.82) is 0 Å². The molecular weight excluding hydrogens is 697 g/mol. The van der Waals surface area contributed by atoms with E-state index in [-0.39, 0.29) is 31.1 Å². The third kappa shape index (κ3) is 42.5. The van der Waals surface area contributed by atoms with Crippen molar-refractivity contribution in [2.45, 2.75) is 239 Å². The Hall–Kier alpha value is -2.63. The summed E-state index contributed by atoms with van der Waals surface area (Å²) in [5.41, 5.74) is 0. The fraction of sp³-hybridized carbons (Fsp3) is 0.780. The molecule has 0 saturated heterocycles. The molecule has 56 heavy (non-hydrogen) atoms. The standard InChI is InChI=1S/C50H88O6/c1-4-7-10-13-16-19-22-24-25-27-28-31-34-37-40-43-49(52)55-46-47(45-54-48(51)42-39-36-33-30-21-18-15-12-9-6-3)56-50(53)44-41-38-35-32-29-26-23-20-17-14-11-8-5-2/h15-16,18-19,22,24,26,29,47H,4-14,17,20-21,23,25,27-28,30-46H2,1-3H3/b18-15-,19-16-,24-22-,29-26-. The van der Waals surface area contributed by atoms with Crippen molar-refractivity contribution in [3.63, 3.8) is 0 Å². The normalized spacial score (nSPS) is 12.4. The van der Waals surface area contributed by atoms with E-state index in [1.54, 1.807) is 0 Å². The minimum absolute atomic E-state index is 0.0888. The average Bonchev–Trinajstić information content (AvgIpc) is 3.19. The van der Waals surface area contributed by atoms with E-state index in [4.69, 9.17) is 14.2 Å². The van der Waals surface area contributed by atoms with Crippen LogP contribution in [0.5, 0.6) is 0 Å². The first kappa shape index (κ1) is 53.4. The first-order valence-corrected chi connectivity index (χ1v) is 23.7. The number of carbonyl (C=O) groups is 3. The van der Waals surface area contributed by atoms with Crippen LogP contribution in [0.3, 0.4) is 0 Å². The molecular formula is C50H88O6. The van der Waals surface area contributed by atoms with E-state index in [0.29, 0.717) is 19.3 Å². The second-order valence-electron chi connectivity index (χ2n) is 15.7. The summed E-state index contributed by atoms with van der Waals surface area (Å²) in [6.45, 7) is 6.52. The van der Waals surface area contributed by atoms with Crippen LogP contribution in [-0.2, 0) is 28.6 Å². The lowest BCUT2D eigenvalue weighted by Gasteiger charge is -2.18. The zero-order chi connectivity index (χ0) is 40.8. The molecule has 0 rings (SSSR count). The Bertz CT molecular complexity index is 996. The first-order chi connectivity index (χ1) is 27.5. The minimum Gasteiger partial charge on any atom is -0.462 e. The molecule has 6 nitrogen and oxygen atoms in total. The van der Waals surface area contributed by atoms with Crippen LogP contribution in [0, 0.1) is 0 Å². The first-order valence-electron chi connectivity index (χ1n) is 23.7. The minimum atomic E-state index is -0.787. The molecule has 0 aromatic heterocycles. The lowest BCUT2D eigenvalue weighted by atomic mass is 10.1. The maximum Gasteiger partial charge on any atom is 0.306 e. The van der Waals surface area contributed by atoms with Gasteiger partial charge in [0.15, 0.2) is 6.10 Å². The number of esters is 3. The van der Waals surface area contributed by atoms with Gasteiger partial charge in [-0.05, 0) is 89.9 Å². The number of hydrogen-bond acceptors (Lipinski definition) is 6. The molecule has 0 aliphatic rings. The summed E-state index contributed by atoms with van der Waals surface area (Å²) in [6, 6.07) is 0. The van der Waals surface area contributed by atoms with E-state index in [1.807, 2.05) is 0 Å². The van der Waals surface area contributed by atoms with Crippen LogP contribution in [0.1, 0.15) is 233 Å². The van der Waals surface area contributed by atoms with E-state index >= 15 is 0 Å². The molecule has 324 valence electrons. The van der Waals surface area contributed by atoms with Crippen molar-refractivity contribution in [2.75, 3.05) is 13.2 Å². The van der Waals surface area contributed by atoms with Crippen molar-refractivity contribution in [2.24, 2.45) is 0 Å². The Morgan fingerprint density at radius 1 is 0.357 bits per heavy atom. The molecule has 0 aromatic carbocycles. The molecule has 0 bridgehead atoms. The van der Waals surface area contributed by atoms with Gasteiger partial charge in [-0.2, -0.15) is 0 Å². The highest BCUT2D eigenvalue weighted by atomic mass is 16.6. The fourth-order valence-corrected chi connectivity index (χ4v) is 6.41. The lowest BCUT2D eigenvalue weighted by molar-refractivity contribution is -0.167. The van der Waals surface area contributed by atoms with Gasteiger partial charge in [0.1, 0.15) is 13.2 Å². The van der Waals surface area contributed by atoms with Gasteiger partial charge in [-0.25, -0.2) is 0 Å². The van der Waals surface area contributed by atoms with Gasteiger partial charge in [0.05, 0.1) is 0 Å². The van der Waals surface area contributed by atoms with Crippen LogP contribution in [0.4, 0.5) is 0 Å². The zero-order valence-corrected chi connectivity index (χ0v) is 36.9. The van der Waals surface area contributed by atoms with Gasteiger partial charge < -0.3 is 14.2 Å². The second-order valence-corrected chi connectivity index (χ2v) is 15.7. The monoisotopic (exact) mass is 785 g/mol. The molecule has 0 fully saturated rings. The Kier molecular flexibility index (Phi) is 43.0. The van der Waals surface area contributed by atoms with Gasteiger partial charge in [-0.15, -0.1) is 0 Å². The number of allylic oxidation sites excluding steroid dienone is 8. The Morgan fingerprint density at radius 2 is 0.661 bits per heavy atom. The topological polar surface area (TPSA) is 78.9 Å². The van der Waals surface area contributed by atoms with E-state index in [0.717, 1.165) is 96.3 Å². The molecule has 1 atom stereocenters. The van der Waals surface area contributed by atoms with Gasteiger partial charge in [0.2, 0.25) is 0 Å². The van der Waals surface area contributed by atoms with Crippen molar-refractivity contribution < 1.29 is 28.6 Å². The summed E-state index contributed by atoms with van der Waals surface area (Å²) in [6.07, 6.45) is 52.3. The molecule has 1 unspecified atom stereocenters. The fourth-order valence-electron chi connectivity index (χ4n) is 6.41. The third-order valence-corrected chi connectivity index (χ3v) is 10.1. The number of rotatable bonds is 42. The third-order valence-electron chi connectivity index (χ3n) is 10.1. The molecule has 0 radical (unpaired) electrons. The molecule has 0 amide bonds. The van der Waals surface area contributed by atoms with E-state index in [2.05, 4.69) is 69.4 Å². The van der Waals surface area contributed by atoms with Crippen LogP contribution < -0.4 is 0 Å². The maximum atomic E-state index is 12.7. The van der Waals surface area contributed by atoms with Crippen LogP contribution >= 0.6 is 0 Å². The van der Waals surface area contributed by atoms with Gasteiger partial charge in [-0.3, -0.25) is 14.4 Å². The Balaban J connectivity index is 4.41.